The number of ether oxygens (including phenoxy) is 1. The minimum absolute atomic E-state index is 0.0688. The fourth-order valence-electron chi connectivity index (χ4n) is 1.30. The average molecular weight is 247 g/mol. The van der Waals surface area contributed by atoms with Crippen LogP contribution in [0.5, 0.6) is 5.75 Å². The standard InChI is InChI=1S/C15H21NO2/c1-15(2,3)11-16-14(17)10-7-12-5-8-13(18-4)9-6-12/h5-10H,11H2,1-4H3,(H,16,17)/b10-7+. The van der Waals surface area contributed by atoms with Crippen LogP contribution in [0, 0.1) is 5.41 Å². The Morgan fingerprint density at radius 1 is 1.28 bits per heavy atom. The largest absolute Gasteiger partial charge is 0.497 e. The van der Waals surface area contributed by atoms with Crippen LogP contribution in [0.4, 0.5) is 0 Å². The highest BCUT2D eigenvalue weighted by Gasteiger charge is 2.10. The maximum Gasteiger partial charge on any atom is 0.244 e. The molecule has 98 valence electrons. The first-order valence-corrected chi connectivity index (χ1v) is 6.01. The third kappa shape index (κ3) is 5.53. The molecule has 1 rings (SSSR count). The fourth-order valence-corrected chi connectivity index (χ4v) is 1.30. The summed E-state index contributed by atoms with van der Waals surface area (Å²) in [4.78, 5) is 11.6. The van der Waals surface area contributed by atoms with Gasteiger partial charge in [0, 0.05) is 12.6 Å². The summed E-state index contributed by atoms with van der Waals surface area (Å²) in [6.07, 6.45) is 3.34. The first-order valence-electron chi connectivity index (χ1n) is 6.01. The van der Waals surface area contributed by atoms with Crippen molar-refractivity contribution < 1.29 is 9.53 Å². The van der Waals surface area contributed by atoms with Crippen molar-refractivity contribution in [1.29, 1.82) is 0 Å². The Balaban J connectivity index is 2.50. The number of rotatable bonds is 4. The number of hydrogen-bond donors (Lipinski definition) is 1. The Labute approximate surface area is 109 Å². The van der Waals surface area contributed by atoms with Gasteiger partial charge < -0.3 is 10.1 Å². The quantitative estimate of drug-likeness (QED) is 0.831. The van der Waals surface area contributed by atoms with E-state index < -0.39 is 0 Å². The fraction of sp³-hybridized carbons (Fsp3) is 0.400. The van der Waals surface area contributed by atoms with Crippen LogP contribution in [0.2, 0.25) is 0 Å². The zero-order valence-corrected chi connectivity index (χ0v) is 11.5. The molecule has 0 atom stereocenters. The lowest BCUT2D eigenvalue weighted by Gasteiger charge is -2.17. The van der Waals surface area contributed by atoms with Gasteiger partial charge in [-0.3, -0.25) is 4.79 Å². The van der Waals surface area contributed by atoms with Gasteiger partial charge in [-0.2, -0.15) is 0 Å². The van der Waals surface area contributed by atoms with E-state index in [4.69, 9.17) is 4.74 Å². The Bertz CT molecular complexity index is 413. The summed E-state index contributed by atoms with van der Waals surface area (Å²) in [5.41, 5.74) is 1.07. The van der Waals surface area contributed by atoms with Crippen LogP contribution in [0.3, 0.4) is 0 Å². The first kappa shape index (κ1) is 14.3. The molecule has 0 unspecified atom stereocenters. The van der Waals surface area contributed by atoms with Crippen LogP contribution in [0.25, 0.3) is 6.08 Å². The number of benzene rings is 1. The summed E-state index contributed by atoms with van der Waals surface area (Å²) < 4.78 is 5.07. The Morgan fingerprint density at radius 3 is 2.39 bits per heavy atom. The molecule has 1 aromatic rings. The van der Waals surface area contributed by atoms with Gasteiger partial charge in [-0.25, -0.2) is 0 Å². The molecule has 0 spiro atoms. The van der Waals surface area contributed by atoms with E-state index >= 15 is 0 Å². The molecule has 0 aliphatic rings. The zero-order valence-electron chi connectivity index (χ0n) is 11.5. The van der Waals surface area contributed by atoms with Crippen molar-refractivity contribution in [3.63, 3.8) is 0 Å². The van der Waals surface area contributed by atoms with Crippen molar-refractivity contribution in [1.82, 2.24) is 5.32 Å². The van der Waals surface area contributed by atoms with Crippen molar-refractivity contribution in [2.75, 3.05) is 13.7 Å². The number of amides is 1. The highest BCUT2D eigenvalue weighted by molar-refractivity contribution is 5.91. The van der Waals surface area contributed by atoms with Gasteiger partial charge in [-0.05, 0) is 29.2 Å². The molecule has 0 saturated carbocycles. The van der Waals surface area contributed by atoms with Crippen LogP contribution in [0.1, 0.15) is 26.3 Å². The summed E-state index contributed by atoms with van der Waals surface area (Å²) in [5.74, 6) is 0.741. The van der Waals surface area contributed by atoms with Gasteiger partial charge >= 0.3 is 0 Å². The number of hydrogen-bond acceptors (Lipinski definition) is 2. The molecule has 0 bridgehead atoms. The van der Waals surface area contributed by atoms with E-state index in [9.17, 15) is 4.79 Å². The van der Waals surface area contributed by atoms with E-state index in [-0.39, 0.29) is 11.3 Å². The molecule has 1 N–H and O–H groups in total. The lowest BCUT2D eigenvalue weighted by Crippen LogP contribution is -2.30. The van der Waals surface area contributed by atoms with Gasteiger partial charge in [0.25, 0.3) is 0 Å². The van der Waals surface area contributed by atoms with Crippen LogP contribution in [-0.2, 0) is 4.79 Å². The molecule has 3 heteroatoms. The van der Waals surface area contributed by atoms with E-state index in [0.717, 1.165) is 11.3 Å². The molecule has 0 saturated heterocycles. The second-order valence-corrected chi connectivity index (χ2v) is 5.38. The van der Waals surface area contributed by atoms with Crippen molar-refractivity contribution in [3.05, 3.63) is 35.9 Å². The van der Waals surface area contributed by atoms with Gasteiger partial charge in [0.05, 0.1) is 7.11 Å². The molecule has 18 heavy (non-hydrogen) atoms. The molecule has 0 aliphatic carbocycles. The predicted molar refractivity (Wildman–Crippen MR) is 74.5 cm³/mol. The maximum absolute atomic E-state index is 11.6. The Morgan fingerprint density at radius 2 is 1.89 bits per heavy atom. The maximum atomic E-state index is 11.6. The summed E-state index contributed by atoms with van der Waals surface area (Å²) in [6, 6.07) is 7.55. The second kappa shape index (κ2) is 6.24. The number of carbonyl (C=O) groups is 1. The van der Waals surface area contributed by atoms with Crippen LogP contribution < -0.4 is 10.1 Å². The Hall–Kier alpha value is -1.77. The van der Waals surface area contributed by atoms with E-state index in [0.29, 0.717) is 6.54 Å². The number of carbonyl (C=O) groups excluding carboxylic acids is 1. The number of methoxy groups -OCH3 is 1. The summed E-state index contributed by atoms with van der Waals surface area (Å²) >= 11 is 0. The molecule has 0 heterocycles. The first-order chi connectivity index (χ1) is 8.40. The lowest BCUT2D eigenvalue weighted by atomic mass is 9.97. The molecule has 3 nitrogen and oxygen atoms in total. The molecule has 1 aromatic carbocycles. The monoisotopic (exact) mass is 247 g/mol. The smallest absolute Gasteiger partial charge is 0.244 e. The van der Waals surface area contributed by atoms with Crippen LogP contribution in [-0.4, -0.2) is 19.6 Å². The molecule has 0 aromatic heterocycles. The van der Waals surface area contributed by atoms with E-state index in [1.807, 2.05) is 24.3 Å². The van der Waals surface area contributed by atoms with Gasteiger partial charge in [-0.1, -0.05) is 32.9 Å². The molecule has 0 aliphatic heterocycles. The third-order valence-electron chi connectivity index (χ3n) is 2.34. The van der Waals surface area contributed by atoms with E-state index in [2.05, 4.69) is 26.1 Å². The van der Waals surface area contributed by atoms with E-state index in [1.165, 1.54) is 0 Å². The van der Waals surface area contributed by atoms with Crippen molar-refractivity contribution in [2.45, 2.75) is 20.8 Å². The molecular weight excluding hydrogens is 226 g/mol. The average Bonchev–Trinajstić information content (AvgIpc) is 2.33. The van der Waals surface area contributed by atoms with Crippen LogP contribution in [0.15, 0.2) is 30.3 Å². The highest BCUT2D eigenvalue weighted by atomic mass is 16.5. The van der Waals surface area contributed by atoms with Crippen molar-refractivity contribution in [2.24, 2.45) is 5.41 Å². The summed E-state index contributed by atoms with van der Waals surface area (Å²) in [7, 11) is 1.63. The zero-order chi connectivity index (χ0) is 13.6. The summed E-state index contributed by atoms with van der Waals surface area (Å²) in [6.45, 7) is 6.92. The SMILES string of the molecule is COc1ccc(/C=C/C(=O)NCC(C)(C)C)cc1. The third-order valence-corrected chi connectivity index (χ3v) is 2.34. The highest BCUT2D eigenvalue weighted by Crippen LogP contribution is 2.12. The second-order valence-electron chi connectivity index (χ2n) is 5.38. The van der Waals surface area contributed by atoms with Gasteiger partial charge in [0.15, 0.2) is 0 Å². The van der Waals surface area contributed by atoms with E-state index in [1.54, 1.807) is 19.3 Å². The Kier molecular flexibility index (Phi) is 4.95. The normalized spacial score (nSPS) is 11.6. The number of nitrogens with one attached hydrogen (secondary N) is 1. The minimum Gasteiger partial charge on any atom is -0.497 e. The van der Waals surface area contributed by atoms with Gasteiger partial charge in [0.1, 0.15) is 5.75 Å². The van der Waals surface area contributed by atoms with Crippen LogP contribution >= 0.6 is 0 Å². The summed E-state index contributed by atoms with van der Waals surface area (Å²) in [5, 5.41) is 2.86. The topological polar surface area (TPSA) is 38.3 Å². The van der Waals surface area contributed by atoms with Crippen molar-refractivity contribution in [3.8, 4) is 5.75 Å². The van der Waals surface area contributed by atoms with Crippen molar-refractivity contribution >= 4 is 12.0 Å². The minimum atomic E-state index is -0.0688. The lowest BCUT2D eigenvalue weighted by molar-refractivity contribution is -0.116. The van der Waals surface area contributed by atoms with Gasteiger partial charge in [0.2, 0.25) is 5.91 Å². The molecule has 1 amide bonds. The molecular formula is C15H21NO2. The van der Waals surface area contributed by atoms with Gasteiger partial charge in [-0.15, -0.1) is 0 Å². The predicted octanol–water partition coefficient (Wildman–Crippen LogP) is 2.87. The molecule has 0 radical (unpaired) electrons. The molecule has 0 fully saturated rings.